The second-order valence-electron chi connectivity index (χ2n) is 4.43. The van der Waals surface area contributed by atoms with Gasteiger partial charge in [-0.2, -0.15) is 0 Å². The van der Waals surface area contributed by atoms with E-state index in [-0.39, 0.29) is 23.4 Å². The van der Waals surface area contributed by atoms with Gasteiger partial charge in [0.25, 0.3) is 0 Å². The topological polar surface area (TPSA) is 26.3 Å². The van der Waals surface area contributed by atoms with Crippen LogP contribution in [-0.4, -0.2) is 17.5 Å². The lowest BCUT2D eigenvalue weighted by Gasteiger charge is -2.25. The molecule has 0 N–H and O–H groups in total. The summed E-state index contributed by atoms with van der Waals surface area (Å²) in [5, 5.41) is 0. The molecule has 0 saturated heterocycles. The minimum absolute atomic E-state index is 0.0577. The van der Waals surface area contributed by atoms with E-state index in [0.717, 1.165) is 0 Å². The summed E-state index contributed by atoms with van der Waals surface area (Å²) in [7, 11) is 0. The Balaban J connectivity index is 4.05. The van der Waals surface area contributed by atoms with Crippen molar-refractivity contribution in [3.63, 3.8) is 0 Å². The van der Waals surface area contributed by atoms with Crippen molar-refractivity contribution in [2.24, 2.45) is 5.92 Å². The van der Waals surface area contributed by atoms with Gasteiger partial charge in [0, 0.05) is 5.92 Å². The highest BCUT2D eigenvalue weighted by molar-refractivity contribution is 5.84. The van der Waals surface area contributed by atoms with Gasteiger partial charge in [-0.25, -0.2) is 0 Å². The van der Waals surface area contributed by atoms with E-state index in [1.54, 1.807) is 0 Å². The summed E-state index contributed by atoms with van der Waals surface area (Å²) >= 11 is 0. The highest BCUT2D eigenvalue weighted by Crippen LogP contribution is 2.13. The van der Waals surface area contributed by atoms with E-state index < -0.39 is 0 Å². The lowest BCUT2D eigenvalue weighted by atomic mass is 10.0. The van der Waals surface area contributed by atoms with Crippen molar-refractivity contribution in [3.8, 4) is 0 Å². The summed E-state index contributed by atoms with van der Waals surface area (Å²) < 4.78 is 5.51. The van der Waals surface area contributed by atoms with Crippen LogP contribution in [-0.2, 0) is 9.53 Å². The summed E-state index contributed by atoms with van der Waals surface area (Å²) in [6.07, 6.45) is -0.287. The van der Waals surface area contributed by atoms with E-state index in [9.17, 15) is 4.79 Å². The van der Waals surface area contributed by atoms with Crippen molar-refractivity contribution in [3.05, 3.63) is 0 Å². The average Bonchev–Trinajstić information content (AvgIpc) is 1.82. The normalized spacial score (nSPS) is 14.9. The fourth-order valence-corrected chi connectivity index (χ4v) is 1.06. The Morgan fingerprint density at radius 1 is 1.17 bits per heavy atom. The zero-order valence-corrected chi connectivity index (χ0v) is 8.97. The standard InChI is InChI=1S/C10H20O2/c1-7(2)9(11)8(3)12-10(4,5)6/h7-8H,1-6H3. The van der Waals surface area contributed by atoms with Crippen molar-refractivity contribution in [1.82, 2.24) is 0 Å². The van der Waals surface area contributed by atoms with Crippen LogP contribution in [0.4, 0.5) is 0 Å². The van der Waals surface area contributed by atoms with Crippen LogP contribution in [0, 0.1) is 5.92 Å². The molecule has 0 fully saturated rings. The summed E-state index contributed by atoms with van der Waals surface area (Å²) in [4.78, 5) is 11.4. The smallest absolute Gasteiger partial charge is 0.163 e. The molecule has 72 valence electrons. The van der Waals surface area contributed by atoms with Crippen LogP contribution in [0.1, 0.15) is 41.5 Å². The van der Waals surface area contributed by atoms with Crippen LogP contribution >= 0.6 is 0 Å². The SMILES string of the molecule is CC(C)C(=O)C(C)OC(C)(C)C. The lowest BCUT2D eigenvalue weighted by molar-refractivity contribution is -0.141. The van der Waals surface area contributed by atoms with Crippen LogP contribution in [0.25, 0.3) is 0 Å². The third-order valence-corrected chi connectivity index (χ3v) is 1.50. The Labute approximate surface area is 75.3 Å². The van der Waals surface area contributed by atoms with Crippen LogP contribution < -0.4 is 0 Å². The number of carbonyl (C=O) groups is 1. The summed E-state index contributed by atoms with van der Waals surface area (Å²) in [5.74, 6) is 0.229. The van der Waals surface area contributed by atoms with Crippen LogP contribution in [0.15, 0.2) is 0 Å². The molecule has 0 aromatic carbocycles. The molecule has 0 radical (unpaired) electrons. The molecule has 1 unspecified atom stereocenters. The van der Waals surface area contributed by atoms with Crippen molar-refractivity contribution < 1.29 is 9.53 Å². The maximum Gasteiger partial charge on any atom is 0.163 e. The Morgan fingerprint density at radius 2 is 1.58 bits per heavy atom. The van der Waals surface area contributed by atoms with E-state index in [2.05, 4.69) is 0 Å². The molecule has 0 aromatic rings. The Bertz CT molecular complexity index is 154. The summed E-state index contributed by atoms with van der Waals surface area (Å²) in [5.41, 5.74) is -0.232. The number of rotatable bonds is 3. The van der Waals surface area contributed by atoms with Gasteiger partial charge in [-0.1, -0.05) is 13.8 Å². The molecule has 0 bridgehead atoms. The van der Waals surface area contributed by atoms with E-state index in [1.165, 1.54) is 0 Å². The van der Waals surface area contributed by atoms with Gasteiger partial charge in [0.2, 0.25) is 0 Å². The highest BCUT2D eigenvalue weighted by Gasteiger charge is 2.22. The number of carbonyl (C=O) groups excluding carboxylic acids is 1. The molecule has 0 rings (SSSR count). The first-order chi connectivity index (χ1) is 5.24. The molecule has 0 spiro atoms. The van der Waals surface area contributed by atoms with Gasteiger partial charge >= 0.3 is 0 Å². The minimum atomic E-state index is -0.287. The van der Waals surface area contributed by atoms with Crippen molar-refractivity contribution in [2.45, 2.75) is 53.2 Å². The molecule has 0 amide bonds. The first kappa shape index (κ1) is 11.6. The highest BCUT2D eigenvalue weighted by atomic mass is 16.5. The molecule has 0 aliphatic rings. The molecule has 0 aliphatic carbocycles. The van der Waals surface area contributed by atoms with Gasteiger partial charge in [-0.15, -0.1) is 0 Å². The van der Waals surface area contributed by atoms with Gasteiger partial charge in [0.1, 0.15) is 6.10 Å². The third-order valence-electron chi connectivity index (χ3n) is 1.50. The Morgan fingerprint density at radius 3 is 1.83 bits per heavy atom. The van der Waals surface area contributed by atoms with Gasteiger partial charge in [0.15, 0.2) is 5.78 Å². The maximum atomic E-state index is 11.4. The molecule has 2 nitrogen and oxygen atoms in total. The maximum absolute atomic E-state index is 11.4. The lowest BCUT2D eigenvalue weighted by Crippen LogP contribution is -2.33. The van der Waals surface area contributed by atoms with E-state index in [0.29, 0.717) is 0 Å². The molecule has 0 aliphatic heterocycles. The molecule has 0 heterocycles. The zero-order chi connectivity index (χ0) is 9.94. The van der Waals surface area contributed by atoms with Crippen LogP contribution in [0.3, 0.4) is 0 Å². The van der Waals surface area contributed by atoms with Gasteiger partial charge < -0.3 is 4.74 Å². The largest absolute Gasteiger partial charge is 0.365 e. The van der Waals surface area contributed by atoms with E-state index in [4.69, 9.17) is 4.74 Å². The average molecular weight is 172 g/mol. The number of hydrogen-bond acceptors (Lipinski definition) is 2. The molecule has 12 heavy (non-hydrogen) atoms. The van der Waals surface area contributed by atoms with Crippen molar-refractivity contribution in [1.29, 1.82) is 0 Å². The van der Waals surface area contributed by atoms with Crippen LogP contribution in [0.2, 0.25) is 0 Å². The molecular weight excluding hydrogens is 152 g/mol. The number of ketones is 1. The van der Waals surface area contributed by atoms with Gasteiger partial charge in [-0.3, -0.25) is 4.79 Å². The van der Waals surface area contributed by atoms with Crippen LogP contribution in [0.5, 0.6) is 0 Å². The van der Waals surface area contributed by atoms with Gasteiger partial charge in [0.05, 0.1) is 5.60 Å². The zero-order valence-electron chi connectivity index (χ0n) is 8.97. The third kappa shape index (κ3) is 4.50. The van der Waals surface area contributed by atoms with Crippen molar-refractivity contribution in [2.75, 3.05) is 0 Å². The molecule has 0 aromatic heterocycles. The number of hydrogen-bond donors (Lipinski definition) is 0. The quantitative estimate of drug-likeness (QED) is 0.653. The van der Waals surface area contributed by atoms with Crippen molar-refractivity contribution >= 4 is 5.78 Å². The first-order valence-corrected chi connectivity index (χ1v) is 4.45. The Hall–Kier alpha value is -0.370. The first-order valence-electron chi connectivity index (χ1n) is 4.45. The Kier molecular flexibility index (Phi) is 3.91. The summed E-state index contributed by atoms with van der Waals surface area (Å²) in [6, 6.07) is 0. The second-order valence-corrected chi connectivity index (χ2v) is 4.43. The molecule has 0 saturated carbocycles. The number of ether oxygens (including phenoxy) is 1. The minimum Gasteiger partial charge on any atom is -0.365 e. The predicted molar refractivity (Wildman–Crippen MR) is 50.1 cm³/mol. The van der Waals surface area contributed by atoms with E-state index in [1.807, 2.05) is 41.5 Å². The molecular formula is C10H20O2. The number of Topliss-reactive ketones (excluding diaryl/α,β-unsaturated/α-hetero) is 1. The second kappa shape index (κ2) is 4.04. The predicted octanol–water partition coefficient (Wildman–Crippen LogP) is 2.42. The summed E-state index contributed by atoms with van der Waals surface area (Å²) in [6.45, 7) is 11.5. The fraction of sp³-hybridized carbons (Fsp3) is 0.900. The molecule has 2 heteroatoms. The molecule has 1 atom stereocenters. The monoisotopic (exact) mass is 172 g/mol. The van der Waals surface area contributed by atoms with E-state index >= 15 is 0 Å². The fourth-order valence-electron chi connectivity index (χ4n) is 1.06. The van der Waals surface area contributed by atoms with Gasteiger partial charge in [-0.05, 0) is 27.7 Å².